The Morgan fingerprint density at radius 3 is 2.45 bits per heavy atom. The lowest BCUT2D eigenvalue weighted by molar-refractivity contribution is 0.243. The molecule has 8 nitrogen and oxygen atoms in total. The molecule has 170 valence electrons. The molecule has 4 aromatic rings. The highest BCUT2D eigenvalue weighted by Gasteiger charge is 2.24. The zero-order chi connectivity index (χ0) is 23.2. The van der Waals surface area contributed by atoms with Crippen LogP contribution in [0, 0.1) is 0 Å². The van der Waals surface area contributed by atoms with Crippen molar-refractivity contribution in [2.45, 2.75) is 29.6 Å². The molecule has 0 fully saturated rings. The van der Waals surface area contributed by atoms with E-state index in [0.29, 0.717) is 31.6 Å². The second-order valence-electron chi connectivity index (χ2n) is 8.14. The Morgan fingerprint density at radius 1 is 0.970 bits per heavy atom. The molecule has 3 heterocycles. The van der Waals surface area contributed by atoms with Crippen molar-refractivity contribution in [3.63, 3.8) is 0 Å². The maximum Gasteiger partial charge on any atom is 0.268 e. The molecule has 1 aliphatic rings. The lowest BCUT2D eigenvalue weighted by Crippen LogP contribution is -2.31. The highest BCUT2D eigenvalue weighted by molar-refractivity contribution is 7.90. The molecule has 0 amide bonds. The third-order valence-electron chi connectivity index (χ3n) is 5.78. The molecule has 10 heteroatoms. The van der Waals surface area contributed by atoms with Gasteiger partial charge >= 0.3 is 0 Å². The molecule has 0 N–H and O–H groups in total. The fourth-order valence-corrected chi connectivity index (χ4v) is 6.09. The minimum Gasteiger partial charge on any atom is -0.294 e. The molecule has 0 atom stereocenters. The van der Waals surface area contributed by atoms with E-state index in [9.17, 15) is 16.8 Å². The van der Waals surface area contributed by atoms with Crippen molar-refractivity contribution in [1.82, 2.24) is 18.8 Å². The number of aromatic nitrogens is 3. The molecular weight excluding hydrogens is 460 g/mol. The normalized spacial score (nSPS) is 14.9. The van der Waals surface area contributed by atoms with Gasteiger partial charge in [0.05, 0.1) is 16.1 Å². The van der Waals surface area contributed by atoms with E-state index in [2.05, 4.69) is 14.9 Å². The summed E-state index contributed by atoms with van der Waals surface area (Å²) in [6.07, 6.45) is 4.98. The highest BCUT2D eigenvalue weighted by Crippen LogP contribution is 2.28. The summed E-state index contributed by atoms with van der Waals surface area (Å²) in [7, 11) is -7.18. The van der Waals surface area contributed by atoms with Crippen LogP contribution in [0.4, 0.5) is 0 Å². The van der Waals surface area contributed by atoms with Crippen molar-refractivity contribution in [1.29, 1.82) is 0 Å². The van der Waals surface area contributed by atoms with E-state index in [1.807, 2.05) is 24.3 Å². The van der Waals surface area contributed by atoms with Gasteiger partial charge < -0.3 is 0 Å². The van der Waals surface area contributed by atoms with Crippen molar-refractivity contribution in [3.8, 4) is 0 Å². The van der Waals surface area contributed by atoms with Gasteiger partial charge in [-0.15, -0.1) is 0 Å². The summed E-state index contributed by atoms with van der Waals surface area (Å²) in [6.45, 7) is 1.79. The fourth-order valence-electron chi connectivity index (χ4n) is 4.16. The first-order valence-corrected chi connectivity index (χ1v) is 13.7. The molecule has 0 saturated carbocycles. The topological polar surface area (TPSA) is 102 Å². The number of sulfone groups is 1. The molecular formula is C23H22N4O4S2. The second-order valence-corrected chi connectivity index (χ2v) is 11.9. The smallest absolute Gasteiger partial charge is 0.268 e. The van der Waals surface area contributed by atoms with Gasteiger partial charge in [0, 0.05) is 55.7 Å². The molecule has 0 spiro atoms. The Balaban J connectivity index is 1.48. The predicted octanol–water partition coefficient (Wildman–Crippen LogP) is 2.63. The number of fused-ring (bicyclic) bond motifs is 2. The summed E-state index contributed by atoms with van der Waals surface area (Å²) in [4.78, 5) is 10.7. The van der Waals surface area contributed by atoms with Gasteiger partial charge in [0.1, 0.15) is 0 Å². The molecule has 5 rings (SSSR count). The lowest BCUT2D eigenvalue weighted by Gasteiger charge is -2.27. The molecule has 0 radical (unpaired) electrons. The average molecular weight is 483 g/mol. The number of rotatable bonds is 5. The first kappa shape index (κ1) is 21.7. The number of hydrogen-bond acceptors (Lipinski definition) is 7. The average Bonchev–Trinajstić information content (AvgIpc) is 3.18. The van der Waals surface area contributed by atoms with Crippen LogP contribution in [0.1, 0.15) is 16.8 Å². The predicted molar refractivity (Wildman–Crippen MR) is 124 cm³/mol. The van der Waals surface area contributed by atoms with Crippen LogP contribution in [0.2, 0.25) is 0 Å². The van der Waals surface area contributed by atoms with Crippen LogP contribution in [-0.2, 0) is 39.4 Å². The first-order chi connectivity index (χ1) is 15.7. The highest BCUT2D eigenvalue weighted by atomic mass is 32.2. The van der Waals surface area contributed by atoms with Gasteiger partial charge in [-0.05, 0) is 23.8 Å². The van der Waals surface area contributed by atoms with Crippen molar-refractivity contribution in [2.75, 3.05) is 12.8 Å². The minimum atomic E-state index is -3.73. The standard InChI is InChI=1S/C23H22N4O4S2/c1-32(28,29)23-24-13-17-14-26(12-11-21(17)25-23)15-18-16-27(22-10-6-5-9-20(18)22)33(30,31)19-7-3-2-4-8-19/h2-10,13,16H,11-12,14-15H2,1H3. The Kier molecular flexibility index (Phi) is 5.31. The van der Waals surface area contributed by atoms with Crippen molar-refractivity contribution in [3.05, 3.63) is 83.8 Å². The number of benzene rings is 2. The van der Waals surface area contributed by atoms with E-state index in [1.165, 1.54) is 3.97 Å². The van der Waals surface area contributed by atoms with Crippen molar-refractivity contribution >= 4 is 30.8 Å². The lowest BCUT2D eigenvalue weighted by atomic mass is 10.1. The molecule has 1 aliphatic heterocycles. The molecule has 0 unspecified atom stereocenters. The maximum atomic E-state index is 13.3. The first-order valence-electron chi connectivity index (χ1n) is 10.4. The van der Waals surface area contributed by atoms with Gasteiger partial charge in [-0.25, -0.2) is 30.8 Å². The van der Waals surface area contributed by atoms with Crippen LogP contribution in [-0.4, -0.2) is 48.5 Å². The van der Waals surface area contributed by atoms with E-state index >= 15 is 0 Å². The van der Waals surface area contributed by atoms with Crippen LogP contribution in [0.15, 0.2) is 77.0 Å². The quantitative estimate of drug-likeness (QED) is 0.403. The van der Waals surface area contributed by atoms with Gasteiger partial charge in [-0.2, -0.15) is 0 Å². The molecule has 0 saturated heterocycles. The molecule has 0 aliphatic carbocycles. The van der Waals surface area contributed by atoms with Gasteiger partial charge in [-0.3, -0.25) is 4.90 Å². The molecule has 0 bridgehead atoms. The summed E-state index contributed by atoms with van der Waals surface area (Å²) in [5, 5.41) is 0.732. The van der Waals surface area contributed by atoms with Crippen LogP contribution < -0.4 is 0 Å². The van der Waals surface area contributed by atoms with E-state index < -0.39 is 19.9 Å². The van der Waals surface area contributed by atoms with Gasteiger partial charge in [-0.1, -0.05) is 36.4 Å². The third-order valence-corrected chi connectivity index (χ3v) is 8.32. The monoisotopic (exact) mass is 482 g/mol. The largest absolute Gasteiger partial charge is 0.294 e. The summed E-state index contributed by atoms with van der Waals surface area (Å²) >= 11 is 0. The minimum absolute atomic E-state index is 0.149. The Morgan fingerprint density at radius 2 is 1.70 bits per heavy atom. The second kappa shape index (κ2) is 8.05. The zero-order valence-electron chi connectivity index (χ0n) is 17.9. The van der Waals surface area contributed by atoms with E-state index in [4.69, 9.17) is 0 Å². The van der Waals surface area contributed by atoms with Gasteiger partial charge in [0.25, 0.3) is 10.0 Å². The summed E-state index contributed by atoms with van der Waals surface area (Å²) in [6, 6.07) is 15.9. The number of nitrogens with zero attached hydrogens (tertiary/aromatic N) is 4. The van der Waals surface area contributed by atoms with Gasteiger partial charge in [0.15, 0.2) is 0 Å². The summed E-state index contributed by atoms with van der Waals surface area (Å²) < 4.78 is 51.5. The van der Waals surface area contributed by atoms with Crippen LogP contribution >= 0.6 is 0 Å². The number of hydrogen-bond donors (Lipinski definition) is 0. The van der Waals surface area contributed by atoms with Crippen LogP contribution in [0.25, 0.3) is 10.9 Å². The fraction of sp³-hybridized carbons (Fsp3) is 0.217. The summed E-state index contributed by atoms with van der Waals surface area (Å²) in [5.74, 6) is 0. The van der Waals surface area contributed by atoms with Crippen molar-refractivity contribution in [2.24, 2.45) is 0 Å². The maximum absolute atomic E-state index is 13.3. The SMILES string of the molecule is CS(=O)(=O)c1ncc2c(n1)CCN(Cc1cn(S(=O)(=O)c3ccccc3)c3ccccc13)C2. The Labute approximate surface area is 192 Å². The van der Waals surface area contributed by atoms with Crippen LogP contribution in [0.5, 0.6) is 0 Å². The zero-order valence-corrected chi connectivity index (χ0v) is 19.6. The third kappa shape index (κ3) is 4.05. The molecule has 33 heavy (non-hydrogen) atoms. The Bertz CT molecular complexity index is 1560. The van der Waals surface area contributed by atoms with E-state index in [0.717, 1.165) is 28.5 Å². The Hall–Kier alpha value is -3.08. The summed E-state index contributed by atoms with van der Waals surface area (Å²) in [5.41, 5.74) is 3.17. The number of para-hydroxylation sites is 1. The molecule has 2 aromatic heterocycles. The van der Waals surface area contributed by atoms with E-state index in [1.54, 1.807) is 42.7 Å². The van der Waals surface area contributed by atoms with E-state index in [-0.39, 0.29) is 10.1 Å². The van der Waals surface area contributed by atoms with Crippen LogP contribution in [0.3, 0.4) is 0 Å². The van der Waals surface area contributed by atoms with Crippen molar-refractivity contribution < 1.29 is 16.8 Å². The molecule has 2 aromatic carbocycles. The van der Waals surface area contributed by atoms with Gasteiger partial charge in [0.2, 0.25) is 15.0 Å².